The molecule has 4 N–H and O–H groups in total. The van der Waals surface area contributed by atoms with Gasteiger partial charge in [0.25, 0.3) is 0 Å². The van der Waals surface area contributed by atoms with Gasteiger partial charge in [0.1, 0.15) is 0 Å². The van der Waals surface area contributed by atoms with Gasteiger partial charge in [0, 0.05) is 12.8 Å². The minimum absolute atomic E-state index is 0.302. The van der Waals surface area contributed by atoms with Gasteiger partial charge in [0.2, 0.25) is 0 Å². The van der Waals surface area contributed by atoms with E-state index in [1.807, 2.05) is 0 Å². The van der Waals surface area contributed by atoms with Crippen LogP contribution in [0.15, 0.2) is 0 Å². The summed E-state index contributed by atoms with van der Waals surface area (Å²) in [5.74, 6) is 9.00. The molecule has 0 rings (SSSR count). The highest BCUT2D eigenvalue weighted by atomic mass is 16.7. The molecule has 0 saturated heterocycles. The van der Waals surface area contributed by atoms with Crippen molar-refractivity contribution in [2.45, 2.75) is 128 Å². The molecule has 0 fully saturated rings. The van der Waals surface area contributed by atoms with Crippen LogP contribution in [0.2, 0.25) is 0 Å². The Morgan fingerprint density at radius 3 is 0.750 bits per heavy atom. The first-order valence-corrected chi connectivity index (χ1v) is 11.5. The molecule has 0 saturated carbocycles. The lowest BCUT2D eigenvalue weighted by Gasteiger charge is -2.04. The lowest BCUT2D eigenvalue weighted by atomic mass is 10.0. The lowest BCUT2D eigenvalue weighted by Crippen LogP contribution is -2.08. The van der Waals surface area contributed by atoms with Crippen LogP contribution in [-0.2, 0) is 19.3 Å². The topological polar surface area (TPSA) is 105 Å². The number of carbonyl (C=O) groups is 2. The number of nitrogens with two attached hydrogens (primary N) is 2. The number of hydrogen-bond donors (Lipinski definition) is 2. The van der Waals surface area contributed by atoms with E-state index in [4.69, 9.17) is 11.8 Å². The van der Waals surface area contributed by atoms with Crippen molar-refractivity contribution in [3.8, 4) is 0 Å². The van der Waals surface area contributed by atoms with Crippen molar-refractivity contribution in [1.29, 1.82) is 0 Å². The van der Waals surface area contributed by atoms with Gasteiger partial charge < -0.3 is 9.68 Å². The number of carbonyl (C=O) groups excluding carboxylic acids is 2. The molecule has 0 radical (unpaired) electrons. The van der Waals surface area contributed by atoms with Crippen molar-refractivity contribution < 1.29 is 19.3 Å². The second-order valence-corrected chi connectivity index (χ2v) is 7.84. The van der Waals surface area contributed by atoms with Gasteiger partial charge in [-0.3, -0.25) is 9.59 Å². The van der Waals surface area contributed by atoms with Crippen molar-refractivity contribution >= 4 is 11.9 Å². The summed E-state index contributed by atoms with van der Waals surface area (Å²) in [6, 6.07) is 0. The summed E-state index contributed by atoms with van der Waals surface area (Å²) < 4.78 is 0. The average Bonchev–Trinajstić information content (AvgIpc) is 2.71. The Kier molecular flexibility index (Phi) is 21.3. The molecular weight excluding hydrogens is 356 g/mol. The summed E-state index contributed by atoms with van der Waals surface area (Å²) >= 11 is 0. The second kappa shape index (κ2) is 22.2. The first-order valence-electron chi connectivity index (χ1n) is 11.5. The van der Waals surface area contributed by atoms with Crippen LogP contribution < -0.4 is 11.8 Å². The fourth-order valence-electron chi connectivity index (χ4n) is 3.48. The van der Waals surface area contributed by atoms with Gasteiger partial charge in [0.15, 0.2) is 0 Å². The third kappa shape index (κ3) is 21.2. The molecule has 0 amide bonds. The zero-order chi connectivity index (χ0) is 20.7. The molecule has 6 heteroatoms. The minimum atomic E-state index is -0.302. The summed E-state index contributed by atoms with van der Waals surface area (Å²) in [7, 11) is 0. The molecule has 0 aliphatic rings. The SMILES string of the molecule is NOC(=O)CCCCCCCCCCCCCCCCCCCCC(=O)ON. The molecule has 0 aromatic heterocycles. The van der Waals surface area contributed by atoms with Crippen molar-refractivity contribution in [3.05, 3.63) is 0 Å². The van der Waals surface area contributed by atoms with Crippen LogP contribution in [0.5, 0.6) is 0 Å². The van der Waals surface area contributed by atoms with Crippen LogP contribution in [0.4, 0.5) is 0 Å². The molecular formula is C22H44N2O4. The van der Waals surface area contributed by atoms with Gasteiger partial charge in [-0.05, 0) is 12.8 Å². The van der Waals surface area contributed by atoms with Gasteiger partial charge in [-0.1, -0.05) is 103 Å². The van der Waals surface area contributed by atoms with Gasteiger partial charge >= 0.3 is 11.9 Å². The van der Waals surface area contributed by atoms with E-state index in [9.17, 15) is 9.59 Å². The Hall–Kier alpha value is -1.14. The number of rotatable bonds is 21. The smallest absolute Gasteiger partial charge is 0.324 e. The van der Waals surface area contributed by atoms with Crippen molar-refractivity contribution in [3.63, 3.8) is 0 Å². The first kappa shape index (κ1) is 26.9. The summed E-state index contributed by atoms with van der Waals surface area (Å²) in [5, 5.41) is 0. The maximum atomic E-state index is 10.9. The summed E-state index contributed by atoms with van der Waals surface area (Å²) in [6.45, 7) is 0. The average molecular weight is 401 g/mol. The molecule has 0 aliphatic heterocycles. The molecule has 0 unspecified atom stereocenters. The van der Waals surface area contributed by atoms with E-state index >= 15 is 0 Å². The second-order valence-electron chi connectivity index (χ2n) is 7.84. The van der Waals surface area contributed by atoms with E-state index < -0.39 is 0 Å². The Labute approximate surface area is 172 Å². The Balaban J connectivity index is 3.05. The highest BCUT2D eigenvalue weighted by Gasteiger charge is 2.01. The Morgan fingerprint density at radius 2 is 0.571 bits per heavy atom. The third-order valence-electron chi connectivity index (χ3n) is 5.27. The monoisotopic (exact) mass is 400 g/mol. The molecule has 0 aromatic carbocycles. The van der Waals surface area contributed by atoms with E-state index in [0.717, 1.165) is 25.7 Å². The quantitative estimate of drug-likeness (QED) is 0.191. The van der Waals surface area contributed by atoms with Crippen LogP contribution in [-0.4, -0.2) is 11.9 Å². The van der Waals surface area contributed by atoms with Crippen LogP contribution in [0.3, 0.4) is 0 Å². The van der Waals surface area contributed by atoms with Crippen molar-refractivity contribution in [2.75, 3.05) is 0 Å². The molecule has 0 aromatic rings. The molecule has 28 heavy (non-hydrogen) atoms. The largest absolute Gasteiger partial charge is 0.373 e. The predicted molar refractivity (Wildman–Crippen MR) is 113 cm³/mol. The molecule has 0 spiro atoms. The molecule has 0 bridgehead atoms. The van der Waals surface area contributed by atoms with Crippen molar-refractivity contribution in [2.24, 2.45) is 11.8 Å². The zero-order valence-corrected chi connectivity index (χ0v) is 17.9. The summed E-state index contributed by atoms with van der Waals surface area (Å²) in [5.41, 5.74) is 0. The number of hydrogen-bond acceptors (Lipinski definition) is 6. The van der Waals surface area contributed by atoms with E-state index in [2.05, 4.69) is 9.68 Å². The van der Waals surface area contributed by atoms with E-state index in [1.54, 1.807) is 0 Å². The zero-order valence-electron chi connectivity index (χ0n) is 17.9. The fraction of sp³-hybridized carbons (Fsp3) is 0.909. The van der Waals surface area contributed by atoms with Crippen LogP contribution >= 0.6 is 0 Å². The summed E-state index contributed by atoms with van der Waals surface area (Å²) in [4.78, 5) is 30.0. The van der Waals surface area contributed by atoms with Crippen LogP contribution in [0.1, 0.15) is 128 Å². The molecule has 0 atom stereocenters. The Bertz CT molecular complexity index is 330. The molecule has 0 aliphatic carbocycles. The maximum Gasteiger partial charge on any atom is 0.324 e. The molecule has 6 nitrogen and oxygen atoms in total. The van der Waals surface area contributed by atoms with Crippen LogP contribution in [0.25, 0.3) is 0 Å². The molecule has 0 heterocycles. The highest BCUT2D eigenvalue weighted by Crippen LogP contribution is 2.14. The van der Waals surface area contributed by atoms with E-state index in [0.29, 0.717) is 12.8 Å². The standard InChI is InChI=1S/C22H44N2O4/c23-27-21(25)19-17-15-13-11-9-7-5-3-1-2-4-6-8-10-12-14-16-18-20-22(26)28-24/h1-20,23-24H2. The predicted octanol–water partition coefficient (Wildman–Crippen LogP) is 5.62. The third-order valence-corrected chi connectivity index (χ3v) is 5.27. The summed E-state index contributed by atoms with van der Waals surface area (Å²) in [6.07, 6.45) is 23.3. The minimum Gasteiger partial charge on any atom is -0.373 e. The van der Waals surface area contributed by atoms with Gasteiger partial charge in [-0.25, -0.2) is 0 Å². The van der Waals surface area contributed by atoms with E-state index in [1.165, 1.54) is 89.9 Å². The van der Waals surface area contributed by atoms with Gasteiger partial charge in [0.05, 0.1) is 0 Å². The normalized spacial score (nSPS) is 10.8. The van der Waals surface area contributed by atoms with Crippen molar-refractivity contribution in [1.82, 2.24) is 0 Å². The first-order chi connectivity index (χ1) is 13.7. The van der Waals surface area contributed by atoms with Gasteiger partial charge in [-0.2, -0.15) is 11.8 Å². The Morgan fingerprint density at radius 1 is 0.393 bits per heavy atom. The van der Waals surface area contributed by atoms with E-state index in [-0.39, 0.29) is 11.9 Å². The number of unbranched alkanes of at least 4 members (excludes halogenated alkanes) is 17. The van der Waals surface area contributed by atoms with Crippen LogP contribution in [0, 0.1) is 0 Å². The highest BCUT2D eigenvalue weighted by molar-refractivity contribution is 5.69. The van der Waals surface area contributed by atoms with Gasteiger partial charge in [-0.15, -0.1) is 0 Å². The lowest BCUT2D eigenvalue weighted by molar-refractivity contribution is -0.145. The fourth-order valence-corrected chi connectivity index (χ4v) is 3.48. The molecule has 166 valence electrons. The maximum absolute atomic E-state index is 10.9.